The van der Waals surface area contributed by atoms with Gasteiger partial charge >= 0.3 is 0 Å². The molecule has 0 bridgehead atoms. The number of anilines is 1. The molecule has 0 saturated heterocycles. The molecule has 1 heterocycles. The number of rotatable bonds is 1. The van der Waals surface area contributed by atoms with Crippen LogP contribution in [-0.2, 0) is 7.05 Å². The average Bonchev–Trinajstić information content (AvgIpc) is 2.66. The molecular formula is C14H11ClFN3. The smallest absolute Gasteiger partial charge is 0.143 e. The van der Waals surface area contributed by atoms with Crippen LogP contribution in [0.4, 0.5) is 10.1 Å². The Bertz CT molecular complexity index is 780. The van der Waals surface area contributed by atoms with Gasteiger partial charge in [-0.05, 0) is 36.4 Å². The zero-order valence-electron chi connectivity index (χ0n) is 10.2. The predicted octanol–water partition coefficient (Wildman–Crippen LogP) is 3.62. The SMILES string of the molecule is Cn1c(-c2ccc(N)cc2F)nc2cc(Cl)ccc21. The van der Waals surface area contributed by atoms with Gasteiger partial charge in [0.15, 0.2) is 0 Å². The summed E-state index contributed by atoms with van der Waals surface area (Å²) >= 11 is 5.94. The van der Waals surface area contributed by atoms with Crippen molar-refractivity contribution in [3.8, 4) is 11.4 Å². The Hall–Kier alpha value is -2.07. The minimum Gasteiger partial charge on any atom is -0.399 e. The number of aromatic nitrogens is 2. The Labute approximate surface area is 114 Å². The monoisotopic (exact) mass is 275 g/mol. The lowest BCUT2D eigenvalue weighted by atomic mass is 10.2. The van der Waals surface area contributed by atoms with E-state index in [9.17, 15) is 4.39 Å². The number of fused-ring (bicyclic) bond motifs is 1. The molecule has 1 aromatic heterocycles. The molecule has 2 aromatic carbocycles. The van der Waals surface area contributed by atoms with E-state index in [1.807, 2.05) is 17.7 Å². The van der Waals surface area contributed by atoms with Gasteiger partial charge in [-0.25, -0.2) is 9.37 Å². The Morgan fingerprint density at radius 3 is 2.74 bits per heavy atom. The van der Waals surface area contributed by atoms with Crippen LogP contribution < -0.4 is 5.73 Å². The number of aryl methyl sites for hydroxylation is 1. The van der Waals surface area contributed by atoms with Gasteiger partial charge in [0.2, 0.25) is 0 Å². The number of hydrogen-bond acceptors (Lipinski definition) is 2. The minimum atomic E-state index is -0.385. The third-order valence-corrected chi connectivity index (χ3v) is 3.31. The van der Waals surface area contributed by atoms with Gasteiger partial charge in [0.05, 0.1) is 16.6 Å². The van der Waals surface area contributed by atoms with Crippen LogP contribution >= 0.6 is 11.6 Å². The molecule has 0 aliphatic carbocycles. The van der Waals surface area contributed by atoms with Crippen LogP contribution in [0.25, 0.3) is 22.4 Å². The van der Waals surface area contributed by atoms with Crippen LogP contribution in [-0.4, -0.2) is 9.55 Å². The Balaban J connectivity index is 2.27. The van der Waals surface area contributed by atoms with Crippen molar-refractivity contribution in [2.75, 3.05) is 5.73 Å². The summed E-state index contributed by atoms with van der Waals surface area (Å²) in [4.78, 5) is 4.43. The van der Waals surface area contributed by atoms with Crippen LogP contribution in [0.15, 0.2) is 36.4 Å². The lowest BCUT2D eigenvalue weighted by Gasteiger charge is -2.04. The fourth-order valence-corrected chi connectivity index (χ4v) is 2.29. The highest BCUT2D eigenvalue weighted by molar-refractivity contribution is 6.31. The second-order valence-corrected chi connectivity index (χ2v) is 4.80. The molecule has 19 heavy (non-hydrogen) atoms. The third kappa shape index (κ3) is 1.94. The first-order valence-electron chi connectivity index (χ1n) is 5.73. The Kier molecular flexibility index (Phi) is 2.68. The number of benzene rings is 2. The van der Waals surface area contributed by atoms with Crippen molar-refractivity contribution in [2.45, 2.75) is 0 Å². The first-order chi connectivity index (χ1) is 9.06. The van der Waals surface area contributed by atoms with Gasteiger partial charge in [0, 0.05) is 17.8 Å². The molecule has 5 heteroatoms. The highest BCUT2D eigenvalue weighted by atomic mass is 35.5. The molecule has 0 fully saturated rings. The first kappa shape index (κ1) is 12.0. The molecule has 2 N–H and O–H groups in total. The van der Waals surface area contributed by atoms with Crippen LogP contribution in [0.2, 0.25) is 5.02 Å². The van der Waals surface area contributed by atoms with Crippen LogP contribution in [0.5, 0.6) is 0 Å². The van der Waals surface area contributed by atoms with Crippen molar-refractivity contribution >= 4 is 28.3 Å². The fourth-order valence-electron chi connectivity index (χ4n) is 2.13. The second kappa shape index (κ2) is 4.24. The number of nitrogens with zero attached hydrogens (tertiary/aromatic N) is 2. The van der Waals surface area contributed by atoms with Gasteiger partial charge in [0.1, 0.15) is 11.6 Å². The van der Waals surface area contributed by atoms with Crippen molar-refractivity contribution in [1.82, 2.24) is 9.55 Å². The number of imidazole rings is 1. The zero-order valence-corrected chi connectivity index (χ0v) is 10.9. The van der Waals surface area contributed by atoms with Gasteiger partial charge in [-0.15, -0.1) is 0 Å². The van der Waals surface area contributed by atoms with E-state index in [2.05, 4.69) is 4.98 Å². The molecule has 0 radical (unpaired) electrons. The molecule has 0 spiro atoms. The van der Waals surface area contributed by atoms with E-state index >= 15 is 0 Å². The summed E-state index contributed by atoms with van der Waals surface area (Å²) in [5, 5.41) is 0.606. The molecule has 0 unspecified atom stereocenters. The van der Waals surface area contributed by atoms with Crippen LogP contribution in [0.3, 0.4) is 0 Å². The van der Waals surface area contributed by atoms with Crippen molar-refractivity contribution in [1.29, 1.82) is 0 Å². The standard InChI is InChI=1S/C14H11ClFN3/c1-19-13-5-2-8(15)6-12(13)18-14(19)10-4-3-9(17)7-11(10)16/h2-7H,17H2,1H3. The maximum absolute atomic E-state index is 14.0. The molecule has 0 saturated carbocycles. The fraction of sp³-hybridized carbons (Fsp3) is 0.0714. The average molecular weight is 276 g/mol. The summed E-state index contributed by atoms with van der Waals surface area (Å²) in [6, 6.07) is 9.99. The number of hydrogen-bond donors (Lipinski definition) is 1. The normalized spacial score (nSPS) is 11.1. The minimum absolute atomic E-state index is 0.385. The number of nitrogen functional groups attached to an aromatic ring is 1. The molecule has 0 amide bonds. The lowest BCUT2D eigenvalue weighted by molar-refractivity contribution is 0.629. The topological polar surface area (TPSA) is 43.8 Å². The van der Waals surface area contributed by atoms with Gasteiger partial charge in [-0.3, -0.25) is 0 Å². The molecule has 3 aromatic rings. The van der Waals surface area contributed by atoms with E-state index in [0.29, 0.717) is 22.1 Å². The lowest BCUT2D eigenvalue weighted by Crippen LogP contribution is -1.96. The summed E-state index contributed by atoms with van der Waals surface area (Å²) in [7, 11) is 1.84. The number of nitrogens with two attached hydrogens (primary N) is 1. The van der Waals surface area contributed by atoms with E-state index in [1.54, 1.807) is 24.3 Å². The zero-order chi connectivity index (χ0) is 13.6. The largest absolute Gasteiger partial charge is 0.399 e. The summed E-state index contributed by atoms with van der Waals surface area (Å²) in [6.45, 7) is 0. The maximum atomic E-state index is 14.0. The van der Waals surface area contributed by atoms with Crippen LogP contribution in [0.1, 0.15) is 0 Å². The molecule has 0 aliphatic heterocycles. The molecule has 0 aliphatic rings. The molecule has 3 nitrogen and oxygen atoms in total. The van der Waals surface area contributed by atoms with Crippen molar-refractivity contribution in [3.63, 3.8) is 0 Å². The van der Waals surface area contributed by atoms with Gasteiger partial charge in [-0.1, -0.05) is 11.6 Å². The van der Waals surface area contributed by atoms with Crippen LogP contribution in [0, 0.1) is 5.82 Å². The van der Waals surface area contributed by atoms with E-state index in [4.69, 9.17) is 17.3 Å². The van der Waals surface area contributed by atoms with Gasteiger partial charge in [-0.2, -0.15) is 0 Å². The summed E-state index contributed by atoms with van der Waals surface area (Å²) in [5.74, 6) is 0.166. The van der Waals surface area contributed by atoms with Crippen molar-refractivity contribution < 1.29 is 4.39 Å². The summed E-state index contributed by atoms with van der Waals surface area (Å²) in [6.07, 6.45) is 0. The van der Waals surface area contributed by atoms with E-state index in [0.717, 1.165) is 11.0 Å². The first-order valence-corrected chi connectivity index (χ1v) is 6.11. The molecular weight excluding hydrogens is 265 g/mol. The second-order valence-electron chi connectivity index (χ2n) is 4.37. The van der Waals surface area contributed by atoms with Crippen molar-refractivity contribution in [3.05, 3.63) is 47.2 Å². The van der Waals surface area contributed by atoms with Gasteiger partial charge in [0.25, 0.3) is 0 Å². The molecule has 96 valence electrons. The maximum Gasteiger partial charge on any atom is 0.143 e. The van der Waals surface area contributed by atoms with E-state index in [-0.39, 0.29) is 5.82 Å². The van der Waals surface area contributed by atoms with E-state index < -0.39 is 0 Å². The summed E-state index contributed by atoms with van der Waals surface area (Å²) < 4.78 is 15.8. The van der Waals surface area contributed by atoms with E-state index in [1.165, 1.54) is 6.07 Å². The third-order valence-electron chi connectivity index (χ3n) is 3.08. The Morgan fingerprint density at radius 1 is 1.21 bits per heavy atom. The highest BCUT2D eigenvalue weighted by Gasteiger charge is 2.13. The van der Waals surface area contributed by atoms with Gasteiger partial charge < -0.3 is 10.3 Å². The molecule has 0 atom stereocenters. The predicted molar refractivity (Wildman–Crippen MR) is 75.5 cm³/mol. The summed E-state index contributed by atoms with van der Waals surface area (Å²) in [5.41, 5.74) is 8.00. The number of halogens is 2. The molecule has 3 rings (SSSR count). The quantitative estimate of drug-likeness (QED) is 0.690. The van der Waals surface area contributed by atoms with Crippen molar-refractivity contribution in [2.24, 2.45) is 7.05 Å². The Morgan fingerprint density at radius 2 is 2.00 bits per heavy atom. The highest BCUT2D eigenvalue weighted by Crippen LogP contribution is 2.28.